The minimum atomic E-state index is -0.0716. The van der Waals surface area contributed by atoms with Crippen LogP contribution >= 0.6 is 0 Å². The smallest absolute Gasteiger partial charge is 0.255 e. The molecule has 1 fully saturated rings. The first-order chi connectivity index (χ1) is 13.6. The van der Waals surface area contributed by atoms with Crippen molar-refractivity contribution in [3.05, 3.63) is 71.9 Å². The van der Waals surface area contributed by atoms with Gasteiger partial charge in [-0.2, -0.15) is 5.10 Å². The lowest BCUT2D eigenvalue weighted by Crippen LogP contribution is -2.40. The number of hydrogen-bond acceptors (Lipinski definition) is 3. The molecular formula is C23H26N4O. The lowest BCUT2D eigenvalue weighted by atomic mass is 9.91. The number of hydrogen-bond donors (Lipinski definition) is 2. The van der Waals surface area contributed by atoms with E-state index in [1.165, 1.54) is 5.56 Å². The lowest BCUT2D eigenvalue weighted by molar-refractivity contribution is 0.0926. The second-order valence-electron chi connectivity index (χ2n) is 7.62. The molecule has 1 saturated carbocycles. The first-order valence-corrected chi connectivity index (χ1v) is 9.89. The Morgan fingerprint density at radius 3 is 2.39 bits per heavy atom. The van der Waals surface area contributed by atoms with Gasteiger partial charge in [-0.05, 0) is 44.7 Å². The van der Waals surface area contributed by atoms with Gasteiger partial charge < -0.3 is 11.1 Å². The van der Waals surface area contributed by atoms with E-state index in [0.717, 1.165) is 36.9 Å². The van der Waals surface area contributed by atoms with E-state index in [-0.39, 0.29) is 18.0 Å². The molecule has 0 bridgehead atoms. The third-order valence-corrected chi connectivity index (χ3v) is 5.41. The molecule has 1 amide bonds. The van der Waals surface area contributed by atoms with Crippen molar-refractivity contribution in [1.29, 1.82) is 0 Å². The van der Waals surface area contributed by atoms with Crippen LogP contribution in [0.25, 0.3) is 16.9 Å². The van der Waals surface area contributed by atoms with Gasteiger partial charge in [-0.1, -0.05) is 48.0 Å². The molecule has 0 unspecified atom stereocenters. The van der Waals surface area contributed by atoms with Crippen molar-refractivity contribution in [3.8, 4) is 16.9 Å². The molecule has 0 aliphatic heterocycles. The Bertz CT molecular complexity index is 938. The minimum absolute atomic E-state index is 0.0716. The standard InChI is InChI=1S/C23H26N4O/c1-16-7-13-20(14-8-16)27-15-21(22(26-27)17-5-3-2-4-6-17)23(28)25-19-11-9-18(24)10-12-19/h2-8,13-15,18-19H,9-12,24H2,1H3,(H,25,28). The van der Waals surface area contributed by atoms with Crippen molar-refractivity contribution < 1.29 is 4.79 Å². The fraction of sp³-hybridized carbons (Fsp3) is 0.304. The van der Waals surface area contributed by atoms with Crippen LogP contribution in [0.2, 0.25) is 0 Å². The van der Waals surface area contributed by atoms with Crippen molar-refractivity contribution in [3.63, 3.8) is 0 Å². The molecule has 28 heavy (non-hydrogen) atoms. The molecule has 1 aliphatic rings. The van der Waals surface area contributed by atoms with Crippen LogP contribution in [-0.2, 0) is 0 Å². The Kier molecular flexibility index (Phi) is 5.26. The molecule has 0 atom stereocenters. The summed E-state index contributed by atoms with van der Waals surface area (Å²) in [6.07, 6.45) is 5.61. The van der Waals surface area contributed by atoms with E-state index in [9.17, 15) is 4.79 Å². The number of aryl methyl sites for hydroxylation is 1. The number of aromatic nitrogens is 2. The number of nitrogens with two attached hydrogens (primary N) is 1. The van der Waals surface area contributed by atoms with Gasteiger partial charge in [0, 0.05) is 23.8 Å². The highest BCUT2D eigenvalue weighted by Crippen LogP contribution is 2.25. The highest BCUT2D eigenvalue weighted by molar-refractivity contribution is 6.00. The highest BCUT2D eigenvalue weighted by atomic mass is 16.1. The van der Waals surface area contributed by atoms with Crippen LogP contribution in [-0.4, -0.2) is 27.8 Å². The Morgan fingerprint density at radius 2 is 1.71 bits per heavy atom. The number of benzene rings is 2. The van der Waals surface area contributed by atoms with Gasteiger partial charge in [0.05, 0.1) is 11.3 Å². The lowest BCUT2D eigenvalue weighted by Gasteiger charge is -2.26. The van der Waals surface area contributed by atoms with Crippen LogP contribution in [0.4, 0.5) is 0 Å². The summed E-state index contributed by atoms with van der Waals surface area (Å²) >= 11 is 0. The summed E-state index contributed by atoms with van der Waals surface area (Å²) in [6.45, 7) is 2.05. The maximum atomic E-state index is 13.1. The molecule has 5 heteroatoms. The molecule has 4 rings (SSSR count). The Balaban J connectivity index is 1.66. The predicted octanol–water partition coefficient (Wildman–Crippen LogP) is 3.85. The third kappa shape index (κ3) is 3.99. The highest BCUT2D eigenvalue weighted by Gasteiger charge is 2.24. The molecule has 3 N–H and O–H groups in total. The monoisotopic (exact) mass is 374 g/mol. The third-order valence-electron chi connectivity index (χ3n) is 5.41. The van der Waals surface area contributed by atoms with Gasteiger partial charge in [-0.3, -0.25) is 4.79 Å². The number of nitrogens with one attached hydrogen (secondary N) is 1. The zero-order valence-electron chi connectivity index (χ0n) is 16.1. The van der Waals surface area contributed by atoms with Crippen molar-refractivity contribution in [2.24, 2.45) is 5.73 Å². The van der Waals surface area contributed by atoms with E-state index in [1.807, 2.05) is 60.8 Å². The zero-order chi connectivity index (χ0) is 19.5. The second-order valence-corrected chi connectivity index (χ2v) is 7.62. The summed E-state index contributed by atoms with van der Waals surface area (Å²) in [5.74, 6) is -0.0716. The Labute approximate surface area is 165 Å². The maximum absolute atomic E-state index is 13.1. The molecule has 0 saturated heterocycles. The number of amides is 1. The van der Waals surface area contributed by atoms with Crippen LogP contribution < -0.4 is 11.1 Å². The van der Waals surface area contributed by atoms with Gasteiger partial charge in [0.1, 0.15) is 5.69 Å². The molecule has 1 aliphatic carbocycles. The first kappa shape index (κ1) is 18.4. The van der Waals surface area contributed by atoms with Crippen LogP contribution in [0.5, 0.6) is 0 Å². The van der Waals surface area contributed by atoms with Gasteiger partial charge in [0.25, 0.3) is 5.91 Å². The second kappa shape index (κ2) is 7.98. The number of carbonyl (C=O) groups excluding carboxylic acids is 1. The molecule has 0 spiro atoms. The quantitative estimate of drug-likeness (QED) is 0.729. The van der Waals surface area contributed by atoms with Gasteiger partial charge in [0.15, 0.2) is 0 Å². The Morgan fingerprint density at radius 1 is 1.04 bits per heavy atom. The molecule has 5 nitrogen and oxygen atoms in total. The van der Waals surface area contributed by atoms with Crippen molar-refractivity contribution in [2.45, 2.75) is 44.7 Å². The van der Waals surface area contributed by atoms with E-state index in [2.05, 4.69) is 12.2 Å². The van der Waals surface area contributed by atoms with Crippen molar-refractivity contribution in [1.82, 2.24) is 15.1 Å². The molecule has 144 valence electrons. The molecule has 3 aromatic rings. The fourth-order valence-electron chi connectivity index (χ4n) is 3.71. The topological polar surface area (TPSA) is 72.9 Å². The summed E-state index contributed by atoms with van der Waals surface area (Å²) < 4.78 is 1.79. The zero-order valence-corrected chi connectivity index (χ0v) is 16.1. The van der Waals surface area contributed by atoms with Crippen LogP contribution in [0, 0.1) is 6.92 Å². The van der Waals surface area contributed by atoms with Crippen LogP contribution in [0.15, 0.2) is 60.8 Å². The molecule has 0 radical (unpaired) electrons. The van der Waals surface area contributed by atoms with Crippen LogP contribution in [0.3, 0.4) is 0 Å². The first-order valence-electron chi connectivity index (χ1n) is 9.89. The Hall–Kier alpha value is -2.92. The SMILES string of the molecule is Cc1ccc(-n2cc(C(=O)NC3CCC(N)CC3)c(-c3ccccc3)n2)cc1. The summed E-state index contributed by atoms with van der Waals surface area (Å²) in [4.78, 5) is 13.1. The van der Waals surface area contributed by atoms with E-state index in [4.69, 9.17) is 10.8 Å². The van der Waals surface area contributed by atoms with Gasteiger partial charge in [-0.15, -0.1) is 0 Å². The number of nitrogens with zero attached hydrogens (tertiary/aromatic N) is 2. The predicted molar refractivity (Wildman–Crippen MR) is 111 cm³/mol. The van der Waals surface area contributed by atoms with E-state index in [1.54, 1.807) is 4.68 Å². The van der Waals surface area contributed by atoms with Crippen molar-refractivity contribution >= 4 is 5.91 Å². The molecule has 2 aromatic carbocycles. The average Bonchev–Trinajstić information content (AvgIpc) is 3.16. The van der Waals surface area contributed by atoms with Gasteiger partial charge in [-0.25, -0.2) is 4.68 Å². The fourth-order valence-corrected chi connectivity index (χ4v) is 3.71. The maximum Gasteiger partial charge on any atom is 0.255 e. The molecular weight excluding hydrogens is 348 g/mol. The van der Waals surface area contributed by atoms with Gasteiger partial charge >= 0.3 is 0 Å². The summed E-state index contributed by atoms with van der Waals surface area (Å²) in [6, 6.07) is 18.4. The normalized spacial score (nSPS) is 19.4. The van der Waals surface area contributed by atoms with Crippen molar-refractivity contribution in [2.75, 3.05) is 0 Å². The molecule has 1 aromatic heterocycles. The van der Waals surface area contributed by atoms with E-state index in [0.29, 0.717) is 11.3 Å². The molecule has 1 heterocycles. The van der Waals surface area contributed by atoms with E-state index >= 15 is 0 Å². The summed E-state index contributed by atoms with van der Waals surface area (Å²) in [5, 5.41) is 7.93. The summed E-state index contributed by atoms with van der Waals surface area (Å²) in [5.41, 5.74) is 10.3. The minimum Gasteiger partial charge on any atom is -0.349 e. The largest absolute Gasteiger partial charge is 0.349 e. The van der Waals surface area contributed by atoms with E-state index < -0.39 is 0 Å². The number of rotatable bonds is 4. The summed E-state index contributed by atoms with van der Waals surface area (Å²) in [7, 11) is 0. The van der Waals surface area contributed by atoms with Gasteiger partial charge in [0.2, 0.25) is 0 Å². The van der Waals surface area contributed by atoms with Crippen LogP contribution in [0.1, 0.15) is 41.6 Å². The number of carbonyl (C=O) groups is 1. The average molecular weight is 374 g/mol.